The molecule has 1 atom stereocenters. The Balaban J connectivity index is 2.12. The van der Waals surface area contributed by atoms with Gasteiger partial charge < -0.3 is 4.74 Å². The molecule has 1 saturated heterocycles. The van der Waals surface area contributed by atoms with Gasteiger partial charge in [-0.1, -0.05) is 43.9 Å². The van der Waals surface area contributed by atoms with Crippen LogP contribution < -0.4 is 0 Å². The molecular formula is C19H33NO4SSi. The first-order valence-electron chi connectivity index (χ1n) is 9.51. The summed E-state index contributed by atoms with van der Waals surface area (Å²) < 4.78 is 32.9. The highest BCUT2D eigenvalue weighted by Crippen LogP contribution is 2.37. The first kappa shape index (κ1) is 21.4. The maximum absolute atomic E-state index is 12.9. The Bertz CT molecular complexity index is 652. The third kappa shape index (κ3) is 6.06. The standard InChI is InChI=1S/C19H33NO4SSi/c1-17(21)24-16-19(10-6-5-7-11-19)15-18-9-8-12-20(18)25(22,23)13-14-26(2,3)4/h6-7,10-11,18H,5,8-9,12-16H2,1-4H3/t18-/m0/s1. The molecule has 0 aromatic rings. The highest BCUT2D eigenvalue weighted by molar-refractivity contribution is 7.89. The van der Waals surface area contributed by atoms with Gasteiger partial charge in [-0.15, -0.1) is 0 Å². The first-order valence-corrected chi connectivity index (χ1v) is 14.8. The molecule has 148 valence electrons. The summed E-state index contributed by atoms with van der Waals surface area (Å²) in [6.07, 6.45) is 11.6. The SMILES string of the molecule is CC(=O)OCC1(C[C@@H]2CCCN2S(=O)(=O)CC[Si](C)(C)C)C=CCC=C1. The fourth-order valence-corrected chi connectivity index (χ4v) is 8.39. The van der Waals surface area contributed by atoms with Crippen molar-refractivity contribution in [2.45, 2.75) is 64.3 Å². The van der Waals surface area contributed by atoms with Gasteiger partial charge in [-0.25, -0.2) is 8.42 Å². The van der Waals surface area contributed by atoms with Crippen molar-refractivity contribution in [3.63, 3.8) is 0 Å². The summed E-state index contributed by atoms with van der Waals surface area (Å²) in [6, 6.07) is 0.765. The second-order valence-corrected chi connectivity index (χ2v) is 16.5. The first-order chi connectivity index (χ1) is 12.0. The molecule has 7 heteroatoms. The second-order valence-electron chi connectivity index (χ2n) is 8.79. The molecular weight excluding hydrogens is 366 g/mol. The summed E-state index contributed by atoms with van der Waals surface area (Å²) in [5.41, 5.74) is -0.397. The maximum atomic E-state index is 12.9. The van der Waals surface area contributed by atoms with Gasteiger partial charge in [0.15, 0.2) is 0 Å². The summed E-state index contributed by atoms with van der Waals surface area (Å²) in [5, 5.41) is 0. The molecule has 0 unspecified atom stereocenters. The number of sulfonamides is 1. The summed E-state index contributed by atoms with van der Waals surface area (Å²) in [4.78, 5) is 11.3. The Morgan fingerprint density at radius 3 is 2.50 bits per heavy atom. The van der Waals surface area contributed by atoms with Gasteiger partial charge in [0.05, 0.1) is 5.75 Å². The van der Waals surface area contributed by atoms with Crippen LogP contribution in [0.4, 0.5) is 0 Å². The number of rotatable bonds is 8. The van der Waals surface area contributed by atoms with Gasteiger partial charge in [0.2, 0.25) is 10.0 Å². The summed E-state index contributed by atoms with van der Waals surface area (Å²) >= 11 is 0. The molecule has 2 rings (SSSR count). The molecule has 0 bridgehead atoms. The number of ether oxygens (including phenoxy) is 1. The van der Waals surface area contributed by atoms with E-state index in [1.165, 1.54) is 6.92 Å². The Labute approximate surface area is 159 Å². The van der Waals surface area contributed by atoms with E-state index in [0.29, 0.717) is 13.0 Å². The summed E-state index contributed by atoms with van der Waals surface area (Å²) in [6.45, 7) is 8.90. The van der Waals surface area contributed by atoms with Crippen molar-refractivity contribution in [2.75, 3.05) is 18.9 Å². The van der Waals surface area contributed by atoms with Crippen molar-refractivity contribution >= 4 is 24.1 Å². The predicted molar refractivity (Wildman–Crippen MR) is 108 cm³/mol. The van der Waals surface area contributed by atoms with Gasteiger partial charge in [0.25, 0.3) is 0 Å². The third-order valence-electron chi connectivity index (χ3n) is 5.12. The Kier molecular flexibility index (Phi) is 6.90. The van der Waals surface area contributed by atoms with E-state index >= 15 is 0 Å². The van der Waals surface area contributed by atoms with Gasteiger partial charge in [-0.2, -0.15) is 4.31 Å². The predicted octanol–water partition coefficient (Wildman–Crippen LogP) is 3.57. The van der Waals surface area contributed by atoms with E-state index in [2.05, 4.69) is 43.9 Å². The molecule has 1 fully saturated rings. The largest absolute Gasteiger partial charge is 0.465 e. The Morgan fingerprint density at radius 2 is 1.92 bits per heavy atom. The minimum Gasteiger partial charge on any atom is -0.465 e. The molecule has 1 aliphatic carbocycles. The zero-order valence-electron chi connectivity index (χ0n) is 16.5. The zero-order valence-corrected chi connectivity index (χ0v) is 18.3. The number of carbonyl (C=O) groups excluding carboxylic acids is 1. The highest BCUT2D eigenvalue weighted by atomic mass is 32.2. The van der Waals surface area contributed by atoms with Crippen molar-refractivity contribution < 1.29 is 17.9 Å². The second kappa shape index (κ2) is 8.40. The van der Waals surface area contributed by atoms with Gasteiger partial charge in [0.1, 0.15) is 6.61 Å². The van der Waals surface area contributed by atoms with E-state index in [9.17, 15) is 13.2 Å². The number of esters is 1. The zero-order chi connectivity index (χ0) is 19.4. The van der Waals surface area contributed by atoms with Crippen molar-refractivity contribution in [3.05, 3.63) is 24.3 Å². The molecule has 1 aliphatic heterocycles. The van der Waals surface area contributed by atoms with Gasteiger partial charge in [0, 0.05) is 33.0 Å². The molecule has 5 nitrogen and oxygen atoms in total. The van der Waals surface area contributed by atoms with E-state index in [0.717, 1.165) is 25.3 Å². The van der Waals surface area contributed by atoms with Crippen LogP contribution >= 0.6 is 0 Å². The minimum atomic E-state index is -3.24. The van der Waals surface area contributed by atoms with Crippen molar-refractivity contribution in [3.8, 4) is 0 Å². The lowest BCUT2D eigenvalue weighted by molar-refractivity contribution is -0.143. The molecule has 0 N–H and O–H groups in total. The van der Waals surface area contributed by atoms with Crippen LogP contribution in [0.5, 0.6) is 0 Å². The molecule has 0 aromatic heterocycles. The van der Waals surface area contributed by atoms with Crippen LogP contribution in [0.3, 0.4) is 0 Å². The number of carbonyl (C=O) groups is 1. The van der Waals surface area contributed by atoms with Crippen LogP contribution in [0.25, 0.3) is 0 Å². The fourth-order valence-electron chi connectivity index (χ4n) is 3.64. The monoisotopic (exact) mass is 399 g/mol. The van der Waals surface area contributed by atoms with Crippen LogP contribution in [-0.2, 0) is 19.6 Å². The maximum Gasteiger partial charge on any atom is 0.302 e. The van der Waals surface area contributed by atoms with Crippen molar-refractivity contribution in [2.24, 2.45) is 5.41 Å². The average molecular weight is 400 g/mol. The van der Waals surface area contributed by atoms with Crippen LogP contribution in [0.15, 0.2) is 24.3 Å². The van der Waals surface area contributed by atoms with E-state index in [-0.39, 0.29) is 24.4 Å². The van der Waals surface area contributed by atoms with Crippen LogP contribution in [0.1, 0.15) is 32.6 Å². The molecule has 1 heterocycles. The molecule has 0 aromatic carbocycles. The Hall–Kier alpha value is -0.923. The highest BCUT2D eigenvalue weighted by Gasteiger charge is 2.40. The topological polar surface area (TPSA) is 63.7 Å². The van der Waals surface area contributed by atoms with Crippen molar-refractivity contribution in [1.82, 2.24) is 4.31 Å². The van der Waals surface area contributed by atoms with E-state index in [1.54, 1.807) is 4.31 Å². The molecule has 0 saturated carbocycles. The third-order valence-corrected chi connectivity index (χ3v) is 9.15. The number of nitrogens with zero attached hydrogens (tertiary/aromatic N) is 1. The van der Waals surface area contributed by atoms with Crippen LogP contribution in [0.2, 0.25) is 25.7 Å². The lowest BCUT2D eigenvalue weighted by Gasteiger charge is -2.34. The van der Waals surface area contributed by atoms with Gasteiger partial charge >= 0.3 is 5.97 Å². The number of allylic oxidation sites excluding steroid dienone is 2. The number of hydrogen-bond acceptors (Lipinski definition) is 4. The molecule has 2 aliphatic rings. The van der Waals surface area contributed by atoms with E-state index in [1.807, 2.05) is 0 Å². The minimum absolute atomic E-state index is 0.0235. The molecule has 0 amide bonds. The summed E-state index contributed by atoms with van der Waals surface area (Å²) in [5.74, 6) is -0.0511. The lowest BCUT2D eigenvalue weighted by Crippen LogP contribution is -2.42. The van der Waals surface area contributed by atoms with Gasteiger partial charge in [-0.05, 0) is 31.7 Å². The summed E-state index contributed by atoms with van der Waals surface area (Å²) in [7, 11) is -4.65. The van der Waals surface area contributed by atoms with Crippen LogP contribution in [-0.4, -0.2) is 51.7 Å². The fraction of sp³-hybridized carbons (Fsp3) is 0.737. The normalized spacial score (nSPS) is 23.3. The number of hydrogen-bond donors (Lipinski definition) is 0. The molecule has 0 radical (unpaired) electrons. The average Bonchev–Trinajstić information content (AvgIpc) is 3.00. The quantitative estimate of drug-likeness (QED) is 0.355. The molecule has 26 heavy (non-hydrogen) atoms. The van der Waals surface area contributed by atoms with Crippen LogP contribution in [0, 0.1) is 5.41 Å². The van der Waals surface area contributed by atoms with E-state index in [4.69, 9.17) is 4.74 Å². The smallest absolute Gasteiger partial charge is 0.302 e. The van der Waals surface area contributed by atoms with Gasteiger partial charge in [-0.3, -0.25) is 4.79 Å². The lowest BCUT2D eigenvalue weighted by atomic mass is 9.79. The van der Waals surface area contributed by atoms with Crippen molar-refractivity contribution in [1.29, 1.82) is 0 Å². The Morgan fingerprint density at radius 1 is 1.27 bits per heavy atom. The van der Waals surface area contributed by atoms with E-state index < -0.39 is 23.5 Å². The molecule has 0 spiro atoms.